The highest BCUT2D eigenvalue weighted by molar-refractivity contribution is 5.92. The SMILES string of the molecule is CCCC(C)C(=O)NC1(C(=O)NC)CCC1. The van der Waals surface area contributed by atoms with Crippen molar-refractivity contribution in [2.75, 3.05) is 7.05 Å². The summed E-state index contributed by atoms with van der Waals surface area (Å²) in [6.45, 7) is 3.97. The van der Waals surface area contributed by atoms with E-state index in [2.05, 4.69) is 17.6 Å². The van der Waals surface area contributed by atoms with E-state index in [1.165, 1.54) is 0 Å². The summed E-state index contributed by atoms with van der Waals surface area (Å²) in [7, 11) is 1.62. The van der Waals surface area contributed by atoms with E-state index in [4.69, 9.17) is 0 Å². The van der Waals surface area contributed by atoms with E-state index in [9.17, 15) is 9.59 Å². The van der Waals surface area contributed by atoms with Gasteiger partial charge in [0.1, 0.15) is 5.54 Å². The number of likely N-dealkylation sites (N-methyl/N-ethyl adjacent to an activating group) is 1. The molecule has 0 saturated heterocycles. The van der Waals surface area contributed by atoms with Crippen molar-refractivity contribution < 1.29 is 9.59 Å². The Morgan fingerprint density at radius 3 is 2.38 bits per heavy atom. The van der Waals surface area contributed by atoms with Gasteiger partial charge in [-0.15, -0.1) is 0 Å². The third-order valence-electron chi connectivity index (χ3n) is 3.40. The molecule has 0 radical (unpaired) electrons. The molecule has 1 aliphatic rings. The maximum absolute atomic E-state index is 11.9. The number of hydrogen-bond donors (Lipinski definition) is 2. The molecule has 1 unspecified atom stereocenters. The molecule has 4 nitrogen and oxygen atoms in total. The van der Waals surface area contributed by atoms with E-state index in [0.717, 1.165) is 32.1 Å². The summed E-state index contributed by atoms with van der Waals surface area (Å²) in [5.41, 5.74) is -0.617. The number of nitrogens with one attached hydrogen (secondary N) is 2. The average molecular weight is 226 g/mol. The summed E-state index contributed by atoms with van der Waals surface area (Å²) in [6.07, 6.45) is 4.39. The van der Waals surface area contributed by atoms with Gasteiger partial charge in [-0.2, -0.15) is 0 Å². The van der Waals surface area contributed by atoms with Crippen LogP contribution in [-0.4, -0.2) is 24.4 Å². The van der Waals surface area contributed by atoms with Crippen LogP contribution >= 0.6 is 0 Å². The molecule has 0 heterocycles. The number of amides is 2. The maximum Gasteiger partial charge on any atom is 0.245 e. The number of carbonyl (C=O) groups excluding carboxylic acids is 2. The Bertz CT molecular complexity index is 272. The highest BCUT2D eigenvalue weighted by atomic mass is 16.2. The summed E-state index contributed by atoms with van der Waals surface area (Å²) in [4.78, 5) is 23.6. The van der Waals surface area contributed by atoms with Crippen molar-refractivity contribution in [3.05, 3.63) is 0 Å². The molecule has 0 spiro atoms. The van der Waals surface area contributed by atoms with Crippen molar-refractivity contribution in [1.82, 2.24) is 10.6 Å². The molecule has 92 valence electrons. The Morgan fingerprint density at radius 1 is 1.38 bits per heavy atom. The van der Waals surface area contributed by atoms with E-state index in [1.807, 2.05) is 6.92 Å². The van der Waals surface area contributed by atoms with Gasteiger partial charge in [0.05, 0.1) is 0 Å². The Balaban J connectivity index is 2.57. The van der Waals surface area contributed by atoms with Gasteiger partial charge < -0.3 is 10.6 Å². The van der Waals surface area contributed by atoms with Gasteiger partial charge >= 0.3 is 0 Å². The van der Waals surface area contributed by atoms with Crippen molar-refractivity contribution in [3.63, 3.8) is 0 Å². The van der Waals surface area contributed by atoms with Gasteiger partial charge in [0, 0.05) is 13.0 Å². The van der Waals surface area contributed by atoms with Crippen LogP contribution in [0.5, 0.6) is 0 Å². The molecule has 1 fully saturated rings. The number of rotatable bonds is 5. The molecule has 0 aromatic rings. The van der Waals surface area contributed by atoms with Crippen LogP contribution < -0.4 is 10.6 Å². The van der Waals surface area contributed by atoms with E-state index in [1.54, 1.807) is 7.05 Å². The topological polar surface area (TPSA) is 58.2 Å². The summed E-state index contributed by atoms with van der Waals surface area (Å²) in [5, 5.41) is 5.54. The molecule has 0 aromatic carbocycles. The normalized spacial score (nSPS) is 19.4. The highest BCUT2D eigenvalue weighted by Gasteiger charge is 2.45. The van der Waals surface area contributed by atoms with Crippen LogP contribution in [0.3, 0.4) is 0 Å². The molecule has 1 aliphatic carbocycles. The summed E-state index contributed by atoms with van der Waals surface area (Å²) >= 11 is 0. The second-order valence-corrected chi connectivity index (χ2v) is 4.69. The predicted octanol–water partition coefficient (Wildman–Crippen LogP) is 1.21. The van der Waals surface area contributed by atoms with Gasteiger partial charge in [-0.3, -0.25) is 9.59 Å². The summed E-state index contributed by atoms with van der Waals surface area (Å²) in [6, 6.07) is 0. The van der Waals surface area contributed by atoms with E-state index >= 15 is 0 Å². The quantitative estimate of drug-likeness (QED) is 0.740. The lowest BCUT2D eigenvalue weighted by Crippen LogP contribution is -2.63. The minimum absolute atomic E-state index is 0.00477. The van der Waals surface area contributed by atoms with E-state index in [-0.39, 0.29) is 17.7 Å². The molecule has 16 heavy (non-hydrogen) atoms. The predicted molar refractivity (Wildman–Crippen MR) is 62.9 cm³/mol. The van der Waals surface area contributed by atoms with Crippen LogP contribution in [0.2, 0.25) is 0 Å². The van der Waals surface area contributed by atoms with Crippen LogP contribution in [0.4, 0.5) is 0 Å². The Labute approximate surface area is 97.2 Å². The zero-order chi connectivity index (χ0) is 12.2. The molecule has 1 rings (SSSR count). The van der Waals surface area contributed by atoms with E-state index < -0.39 is 5.54 Å². The van der Waals surface area contributed by atoms with Gasteiger partial charge in [0.2, 0.25) is 11.8 Å². The highest BCUT2D eigenvalue weighted by Crippen LogP contribution is 2.32. The fourth-order valence-corrected chi connectivity index (χ4v) is 2.10. The van der Waals surface area contributed by atoms with Gasteiger partial charge in [0.25, 0.3) is 0 Å². The van der Waals surface area contributed by atoms with Gasteiger partial charge in [-0.1, -0.05) is 20.3 Å². The zero-order valence-corrected chi connectivity index (χ0v) is 10.4. The Kier molecular flexibility index (Phi) is 4.33. The third kappa shape index (κ3) is 2.54. The first kappa shape index (κ1) is 13.0. The fraction of sp³-hybridized carbons (Fsp3) is 0.833. The standard InChI is InChI=1S/C12H22N2O2/c1-4-6-9(2)10(15)14-12(7-5-8-12)11(16)13-3/h9H,4-8H2,1-3H3,(H,13,16)(H,14,15). The first-order valence-electron chi connectivity index (χ1n) is 6.10. The van der Waals surface area contributed by atoms with Gasteiger partial charge in [0.15, 0.2) is 0 Å². The number of carbonyl (C=O) groups is 2. The lowest BCUT2D eigenvalue weighted by molar-refractivity contribution is -0.138. The Hall–Kier alpha value is -1.06. The lowest BCUT2D eigenvalue weighted by atomic mass is 9.75. The lowest BCUT2D eigenvalue weighted by Gasteiger charge is -2.41. The maximum atomic E-state index is 11.9. The zero-order valence-electron chi connectivity index (χ0n) is 10.4. The van der Waals surface area contributed by atoms with Crippen molar-refractivity contribution in [3.8, 4) is 0 Å². The third-order valence-corrected chi connectivity index (χ3v) is 3.40. The van der Waals surface area contributed by atoms with Crippen LogP contribution in [0.15, 0.2) is 0 Å². The molecule has 0 aliphatic heterocycles. The minimum atomic E-state index is -0.617. The van der Waals surface area contributed by atoms with Crippen LogP contribution in [0.1, 0.15) is 46.0 Å². The van der Waals surface area contributed by atoms with Crippen LogP contribution in [0, 0.1) is 5.92 Å². The smallest absolute Gasteiger partial charge is 0.245 e. The molecule has 2 N–H and O–H groups in total. The molecular formula is C12H22N2O2. The minimum Gasteiger partial charge on any atom is -0.357 e. The second kappa shape index (κ2) is 5.32. The van der Waals surface area contributed by atoms with Crippen LogP contribution in [-0.2, 0) is 9.59 Å². The first-order chi connectivity index (χ1) is 7.55. The fourth-order valence-electron chi connectivity index (χ4n) is 2.10. The molecule has 0 aromatic heterocycles. The molecule has 1 saturated carbocycles. The molecule has 2 amide bonds. The second-order valence-electron chi connectivity index (χ2n) is 4.69. The molecule has 1 atom stereocenters. The number of hydrogen-bond acceptors (Lipinski definition) is 2. The van der Waals surface area contributed by atoms with Crippen molar-refractivity contribution in [2.45, 2.75) is 51.5 Å². The van der Waals surface area contributed by atoms with Crippen molar-refractivity contribution >= 4 is 11.8 Å². The average Bonchev–Trinajstić information content (AvgIpc) is 2.22. The van der Waals surface area contributed by atoms with Gasteiger partial charge in [-0.05, 0) is 25.7 Å². The Morgan fingerprint density at radius 2 is 2.00 bits per heavy atom. The van der Waals surface area contributed by atoms with Crippen molar-refractivity contribution in [2.24, 2.45) is 5.92 Å². The summed E-state index contributed by atoms with van der Waals surface area (Å²) < 4.78 is 0. The van der Waals surface area contributed by atoms with Gasteiger partial charge in [-0.25, -0.2) is 0 Å². The summed E-state index contributed by atoms with van der Waals surface area (Å²) in [5.74, 6) is -0.0620. The van der Waals surface area contributed by atoms with Crippen molar-refractivity contribution in [1.29, 1.82) is 0 Å². The first-order valence-corrected chi connectivity index (χ1v) is 6.10. The van der Waals surface area contributed by atoms with E-state index in [0.29, 0.717) is 0 Å². The monoisotopic (exact) mass is 226 g/mol. The molecule has 4 heteroatoms. The molecular weight excluding hydrogens is 204 g/mol. The molecule has 0 bridgehead atoms. The largest absolute Gasteiger partial charge is 0.357 e. The van der Waals surface area contributed by atoms with Crippen LogP contribution in [0.25, 0.3) is 0 Å².